The maximum Gasteiger partial charge on any atom is 0.0489 e. The van der Waals surface area contributed by atoms with Crippen LogP contribution in [0.5, 0.6) is 0 Å². The summed E-state index contributed by atoms with van der Waals surface area (Å²) >= 11 is 9.70. The lowest BCUT2D eigenvalue weighted by Crippen LogP contribution is -2.34. The Kier molecular flexibility index (Phi) is 4.04. The lowest BCUT2D eigenvalue weighted by Gasteiger charge is -2.37. The minimum absolute atomic E-state index is 0.553. The zero-order chi connectivity index (χ0) is 14.1. The van der Waals surface area contributed by atoms with Crippen LogP contribution in [0.25, 0.3) is 0 Å². The van der Waals surface area contributed by atoms with Crippen LogP contribution in [0.15, 0.2) is 46.9 Å². The van der Waals surface area contributed by atoms with Crippen molar-refractivity contribution in [3.05, 3.63) is 63.1 Å². The van der Waals surface area contributed by atoms with Crippen LogP contribution in [0.2, 0.25) is 5.02 Å². The molecule has 1 fully saturated rings. The van der Waals surface area contributed by atoms with Crippen LogP contribution >= 0.6 is 27.5 Å². The molecule has 1 aliphatic carbocycles. The van der Waals surface area contributed by atoms with Crippen molar-refractivity contribution in [2.24, 2.45) is 0 Å². The predicted octanol–water partition coefficient (Wildman–Crippen LogP) is 5.77. The lowest BCUT2D eigenvalue weighted by atomic mass is 9.76. The monoisotopic (exact) mass is 349 g/mol. The number of aryl methyl sites for hydroxylation is 1. The van der Waals surface area contributed by atoms with E-state index in [1.807, 2.05) is 12.1 Å². The molecule has 0 atom stereocenters. The Hall–Kier alpha value is -0.990. The molecule has 0 amide bonds. The predicted molar refractivity (Wildman–Crippen MR) is 89.7 cm³/mol. The molecule has 104 valence electrons. The summed E-state index contributed by atoms with van der Waals surface area (Å²) in [5.41, 5.74) is 3.82. The van der Waals surface area contributed by atoms with Crippen molar-refractivity contribution in [3.8, 4) is 0 Å². The van der Waals surface area contributed by atoms with E-state index in [9.17, 15) is 0 Å². The molecule has 0 aromatic heterocycles. The van der Waals surface area contributed by atoms with E-state index in [0.717, 1.165) is 5.02 Å². The minimum atomic E-state index is 0.553. The molecule has 0 saturated heterocycles. The van der Waals surface area contributed by atoms with Crippen LogP contribution in [-0.4, -0.2) is 6.04 Å². The molecule has 1 nitrogen and oxygen atoms in total. The zero-order valence-electron chi connectivity index (χ0n) is 11.4. The lowest BCUT2D eigenvalue weighted by molar-refractivity contribution is 0.374. The molecule has 0 bridgehead atoms. The average molecular weight is 351 g/mol. The van der Waals surface area contributed by atoms with Gasteiger partial charge in [0, 0.05) is 21.2 Å². The van der Waals surface area contributed by atoms with E-state index in [-0.39, 0.29) is 0 Å². The highest BCUT2D eigenvalue weighted by molar-refractivity contribution is 9.10. The van der Waals surface area contributed by atoms with E-state index in [0.29, 0.717) is 12.0 Å². The van der Waals surface area contributed by atoms with Crippen LogP contribution in [-0.2, 0) is 0 Å². The van der Waals surface area contributed by atoms with Gasteiger partial charge in [0.2, 0.25) is 0 Å². The molecule has 3 rings (SSSR count). The molecule has 1 aliphatic rings. The number of anilines is 1. The minimum Gasteiger partial charge on any atom is -0.381 e. The van der Waals surface area contributed by atoms with Crippen molar-refractivity contribution < 1.29 is 0 Å². The van der Waals surface area contributed by atoms with Gasteiger partial charge in [0.05, 0.1) is 0 Å². The van der Waals surface area contributed by atoms with Gasteiger partial charge in [-0.1, -0.05) is 35.9 Å². The molecule has 2 aromatic rings. The Morgan fingerprint density at radius 2 is 1.90 bits per heavy atom. The van der Waals surface area contributed by atoms with E-state index in [2.05, 4.69) is 58.5 Å². The molecule has 0 unspecified atom stereocenters. The maximum absolute atomic E-state index is 6.05. The number of rotatable bonds is 3. The number of hydrogen-bond donors (Lipinski definition) is 1. The fraction of sp³-hybridized carbons (Fsp3) is 0.294. The van der Waals surface area contributed by atoms with Gasteiger partial charge in [0.1, 0.15) is 0 Å². The molecule has 0 heterocycles. The van der Waals surface area contributed by atoms with Gasteiger partial charge in [-0.15, -0.1) is 0 Å². The molecule has 0 radical (unpaired) electrons. The van der Waals surface area contributed by atoms with Gasteiger partial charge in [0.25, 0.3) is 0 Å². The van der Waals surface area contributed by atoms with E-state index < -0.39 is 0 Å². The summed E-state index contributed by atoms with van der Waals surface area (Å²) in [6.45, 7) is 2.12. The highest BCUT2D eigenvalue weighted by Crippen LogP contribution is 2.40. The van der Waals surface area contributed by atoms with Gasteiger partial charge in [-0.2, -0.15) is 0 Å². The van der Waals surface area contributed by atoms with Gasteiger partial charge in [-0.3, -0.25) is 0 Å². The summed E-state index contributed by atoms with van der Waals surface area (Å²) in [5, 5.41) is 4.46. The largest absolute Gasteiger partial charge is 0.381 e. The first-order chi connectivity index (χ1) is 9.63. The first-order valence-corrected chi connectivity index (χ1v) is 8.07. The summed E-state index contributed by atoms with van der Waals surface area (Å²) in [6, 6.07) is 15.1. The van der Waals surface area contributed by atoms with Crippen LogP contribution < -0.4 is 5.32 Å². The van der Waals surface area contributed by atoms with Crippen LogP contribution in [0.3, 0.4) is 0 Å². The smallest absolute Gasteiger partial charge is 0.0489 e. The van der Waals surface area contributed by atoms with Crippen molar-refractivity contribution in [1.29, 1.82) is 0 Å². The summed E-state index contributed by atoms with van der Waals surface area (Å²) in [7, 11) is 0. The van der Waals surface area contributed by atoms with Crippen molar-refractivity contribution in [2.45, 2.75) is 31.7 Å². The number of halogens is 2. The third-order valence-corrected chi connectivity index (χ3v) is 5.30. The fourth-order valence-electron chi connectivity index (χ4n) is 2.75. The molecule has 2 aromatic carbocycles. The van der Waals surface area contributed by atoms with E-state index in [4.69, 9.17) is 11.6 Å². The first kappa shape index (κ1) is 14.0. The topological polar surface area (TPSA) is 12.0 Å². The Labute approximate surface area is 133 Å². The molecular formula is C17H17BrClN. The van der Waals surface area contributed by atoms with E-state index in [1.165, 1.54) is 34.1 Å². The second kappa shape index (κ2) is 5.79. The maximum atomic E-state index is 6.05. The summed E-state index contributed by atoms with van der Waals surface area (Å²) in [6.07, 6.45) is 2.33. The second-order valence-electron chi connectivity index (χ2n) is 5.50. The highest BCUT2D eigenvalue weighted by atomic mass is 79.9. The molecule has 20 heavy (non-hydrogen) atoms. The van der Waals surface area contributed by atoms with Crippen molar-refractivity contribution in [3.63, 3.8) is 0 Å². The Bertz CT molecular complexity index is 620. The van der Waals surface area contributed by atoms with Crippen LogP contribution in [0, 0.1) is 6.92 Å². The van der Waals surface area contributed by atoms with Crippen LogP contribution in [0.1, 0.15) is 29.9 Å². The fourth-order valence-corrected chi connectivity index (χ4v) is 3.32. The number of hydrogen-bond acceptors (Lipinski definition) is 1. The molecule has 1 N–H and O–H groups in total. The second-order valence-corrected chi connectivity index (χ2v) is 6.73. The molecule has 3 heteroatoms. The average Bonchev–Trinajstić information content (AvgIpc) is 2.38. The Balaban J connectivity index is 1.62. The van der Waals surface area contributed by atoms with Gasteiger partial charge >= 0.3 is 0 Å². The summed E-state index contributed by atoms with van der Waals surface area (Å²) < 4.78 is 1.17. The van der Waals surface area contributed by atoms with Crippen molar-refractivity contribution >= 4 is 33.2 Å². The van der Waals surface area contributed by atoms with Gasteiger partial charge in [-0.25, -0.2) is 0 Å². The first-order valence-electron chi connectivity index (χ1n) is 6.90. The van der Waals surface area contributed by atoms with Crippen LogP contribution in [0.4, 0.5) is 5.69 Å². The molecule has 0 aliphatic heterocycles. The third-order valence-electron chi connectivity index (χ3n) is 4.01. The normalized spacial score (nSPS) is 21.4. The highest BCUT2D eigenvalue weighted by Gasteiger charge is 2.30. The standard InChI is InChI=1S/C17H17BrClN/c1-11-4-2-7-16(17(11)18)20-15-9-13(10-15)12-5-3-6-14(19)8-12/h2-8,13,15,20H,9-10H2,1H3. The third kappa shape index (κ3) is 2.87. The molecular weight excluding hydrogens is 334 g/mol. The summed E-state index contributed by atoms with van der Waals surface area (Å²) in [4.78, 5) is 0. The number of nitrogens with one attached hydrogen (secondary N) is 1. The van der Waals surface area contributed by atoms with E-state index in [1.54, 1.807) is 0 Å². The van der Waals surface area contributed by atoms with Gasteiger partial charge < -0.3 is 5.32 Å². The zero-order valence-corrected chi connectivity index (χ0v) is 13.7. The SMILES string of the molecule is Cc1cccc(NC2CC(c3cccc(Cl)c3)C2)c1Br. The summed E-state index contributed by atoms with van der Waals surface area (Å²) in [5.74, 6) is 0.634. The Morgan fingerprint density at radius 1 is 1.15 bits per heavy atom. The quantitative estimate of drug-likeness (QED) is 0.741. The van der Waals surface area contributed by atoms with Gasteiger partial charge in [-0.05, 0) is 70.9 Å². The van der Waals surface area contributed by atoms with Crippen molar-refractivity contribution in [1.82, 2.24) is 0 Å². The number of benzene rings is 2. The van der Waals surface area contributed by atoms with Crippen molar-refractivity contribution in [2.75, 3.05) is 5.32 Å². The van der Waals surface area contributed by atoms with Gasteiger partial charge in [0.15, 0.2) is 0 Å². The van der Waals surface area contributed by atoms with E-state index >= 15 is 0 Å². The molecule has 0 spiro atoms. The molecule has 1 saturated carbocycles. The Morgan fingerprint density at radius 3 is 2.65 bits per heavy atom.